The van der Waals surface area contributed by atoms with Gasteiger partial charge in [0, 0.05) is 37.0 Å². The van der Waals surface area contributed by atoms with Crippen LogP contribution in [0.5, 0.6) is 11.5 Å². The Labute approximate surface area is 126 Å². The minimum absolute atomic E-state index is 0.0564. The van der Waals surface area contributed by atoms with Crippen LogP contribution in [-0.2, 0) is 0 Å². The third-order valence-electron chi connectivity index (χ3n) is 3.56. The van der Waals surface area contributed by atoms with E-state index in [1.165, 1.54) is 12.8 Å². The number of methoxy groups -OCH3 is 2. The van der Waals surface area contributed by atoms with Gasteiger partial charge in [-0.15, -0.1) is 0 Å². The van der Waals surface area contributed by atoms with Crippen molar-refractivity contribution >= 4 is 11.7 Å². The molecule has 1 aromatic carbocycles. The molecule has 5 heteroatoms. The van der Waals surface area contributed by atoms with Crippen molar-refractivity contribution in [2.45, 2.75) is 26.2 Å². The highest BCUT2D eigenvalue weighted by Gasteiger charge is 2.26. The van der Waals surface area contributed by atoms with Gasteiger partial charge in [-0.2, -0.15) is 0 Å². The van der Waals surface area contributed by atoms with E-state index in [4.69, 9.17) is 9.47 Å². The molecule has 1 N–H and O–H groups in total. The Morgan fingerprint density at radius 3 is 2.33 bits per heavy atom. The molecule has 21 heavy (non-hydrogen) atoms. The zero-order valence-corrected chi connectivity index (χ0v) is 13.0. The quantitative estimate of drug-likeness (QED) is 0.838. The molecule has 2 amide bonds. The summed E-state index contributed by atoms with van der Waals surface area (Å²) in [5.74, 6) is 2.00. The van der Waals surface area contributed by atoms with Crippen molar-refractivity contribution in [3.8, 4) is 11.5 Å². The van der Waals surface area contributed by atoms with Crippen LogP contribution in [0.2, 0.25) is 0 Å². The third-order valence-corrected chi connectivity index (χ3v) is 3.56. The summed E-state index contributed by atoms with van der Waals surface area (Å²) in [5, 5.41) is 2.94. The maximum Gasteiger partial charge on any atom is 0.321 e. The van der Waals surface area contributed by atoms with Gasteiger partial charge in [-0.25, -0.2) is 4.79 Å². The van der Waals surface area contributed by atoms with Gasteiger partial charge in [0.05, 0.1) is 14.2 Å². The highest BCUT2D eigenvalue weighted by Crippen LogP contribution is 2.30. The van der Waals surface area contributed by atoms with E-state index in [0.717, 1.165) is 19.5 Å². The molecule has 1 aliphatic rings. The molecule has 1 fully saturated rings. The molecule has 0 spiro atoms. The summed E-state index contributed by atoms with van der Waals surface area (Å²) in [7, 11) is 3.19. The first kappa shape index (κ1) is 15.5. The van der Waals surface area contributed by atoms with Crippen molar-refractivity contribution < 1.29 is 14.3 Å². The minimum Gasteiger partial charge on any atom is -0.497 e. The summed E-state index contributed by atoms with van der Waals surface area (Å²) in [6.07, 6.45) is 3.43. The SMILES string of the molecule is CCCN(CC1CC1)C(=O)Nc1cc(OC)cc(OC)c1. The number of anilines is 1. The number of rotatable bonds is 7. The van der Waals surface area contributed by atoms with Crippen LogP contribution in [0.3, 0.4) is 0 Å². The van der Waals surface area contributed by atoms with Crippen LogP contribution in [0.25, 0.3) is 0 Å². The van der Waals surface area contributed by atoms with Gasteiger partial charge in [-0.1, -0.05) is 6.92 Å². The molecule has 2 rings (SSSR count). The van der Waals surface area contributed by atoms with E-state index in [0.29, 0.717) is 23.1 Å². The van der Waals surface area contributed by atoms with Crippen LogP contribution in [-0.4, -0.2) is 38.2 Å². The molecule has 0 saturated heterocycles. The Balaban J connectivity index is 2.05. The number of carbonyl (C=O) groups is 1. The van der Waals surface area contributed by atoms with Crippen LogP contribution in [0.4, 0.5) is 10.5 Å². The second kappa shape index (κ2) is 7.20. The molecule has 0 radical (unpaired) electrons. The number of amides is 2. The lowest BCUT2D eigenvalue weighted by Crippen LogP contribution is -2.37. The molecular formula is C16H24N2O3. The lowest BCUT2D eigenvalue weighted by molar-refractivity contribution is 0.209. The number of ether oxygens (including phenoxy) is 2. The topological polar surface area (TPSA) is 50.8 Å². The van der Waals surface area contributed by atoms with Crippen molar-refractivity contribution in [3.63, 3.8) is 0 Å². The highest BCUT2D eigenvalue weighted by atomic mass is 16.5. The zero-order valence-electron chi connectivity index (χ0n) is 13.0. The Kier molecular flexibility index (Phi) is 5.31. The van der Waals surface area contributed by atoms with Crippen molar-refractivity contribution in [3.05, 3.63) is 18.2 Å². The van der Waals surface area contributed by atoms with Crippen molar-refractivity contribution in [1.29, 1.82) is 0 Å². The smallest absolute Gasteiger partial charge is 0.321 e. The summed E-state index contributed by atoms with van der Waals surface area (Å²) in [6, 6.07) is 5.31. The largest absolute Gasteiger partial charge is 0.497 e. The number of nitrogens with one attached hydrogen (secondary N) is 1. The third kappa shape index (κ3) is 4.55. The van der Waals surface area contributed by atoms with Gasteiger partial charge in [0.1, 0.15) is 11.5 Å². The van der Waals surface area contributed by atoms with Crippen LogP contribution < -0.4 is 14.8 Å². The molecule has 0 aliphatic heterocycles. The second-order valence-corrected chi connectivity index (χ2v) is 5.42. The van der Waals surface area contributed by atoms with Gasteiger partial charge in [-0.05, 0) is 25.2 Å². The molecule has 0 unspecified atom stereocenters. The predicted octanol–water partition coefficient (Wildman–Crippen LogP) is 3.36. The second-order valence-electron chi connectivity index (χ2n) is 5.42. The number of nitrogens with zero attached hydrogens (tertiary/aromatic N) is 1. The molecule has 0 bridgehead atoms. The van der Waals surface area contributed by atoms with E-state index < -0.39 is 0 Å². The Hall–Kier alpha value is -1.91. The average Bonchev–Trinajstić information content (AvgIpc) is 3.30. The molecule has 1 saturated carbocycles. The van der Waals surface area contributed by atoms with Crippen molar-refractivity contribution in [2.24, 2.45) is 5.92 Å². The first-order valence-electron chi connectivity index (χ1n) is 7.45. The fraction of sp³-hybridized carbons (Fsp3) is 0.562. The predicted molar refractivity (Wildman–Crippen MR) is 83.2 cm³/mol. The van der Waals surface area contributed by atoms with Crippen molar-refractivity contribution in [1.82, 2.24) is 4.90 Å². The number of urea groups is 1. The minimum atomic E-state index is -0.0564. The first-order chi connectivity index (χ1) is 10.2. The molecular weight excluding hydrogens is 268 g/mol. The number of carbonyl (C=O) groups excluding carboxylic acids is 1. The Morgan fingerprint density at radius 1 is 1.24 bits per heavy atom. The van der Waals surface area contributed by atoms with Crippen LogP contribution >= 0.6 is 0 Å². The summed E-state index contributed by atoms with van der Waals surface area (Å²) >= 11 is 0. The normalized spacial score (nSPS) is 13.7. The van der Waals surface area contributed by atoms with Crippen molar-refractivity contribution in [2.75, 3.05) is 32.6 Å². The fourth-order valence-electron chi connectivity index (χ4n) is 2.24. The van der Waals surface area contributed by atoms with Gasteiger partial charge in [0.15, 0.2) is 0 Å². The first-order valence-corrected chi connectivity index (χ1v) is 7.45. The summed E-state index contributed by atoms with van der Waals surface area (Å²) in [4.78, 5) is 14.3. The number of hydrogen-bond donors (Lipinski definition) is 1. The standard InChI is InChI=1S/C16H24N2O3/c1-4-7-18(11-12-5-6-12)16(19)17-13-8-14(20-2)10-15(9-13)21-3/h8-10,12H,4-7,11H2,1-3H3,(H,17,19). The van der Waals surface area contributed by atoms with Crippen LogP contribution in [0.15, 0.2) is 18.2 Å². The average molecular weight is 292 g/mol. The van der Waals surface area contributed by atoms with Gasteiger partial charge < -0.3 is 19.7 Å². The maximum absolute atomic E-state index is 12.4. The molecule has 5 nitrogen and oxygen atoms in total. The van der Waals surface area contributed by atoms with Gasteiger partial charge in [-0.3, -0.25) is 0 Å². The van der Waals surface area contributed by atoms with Gasteiger partial charge in [0.25, 0.3) is 0 Å². The van der Waals surface area contributed by atoms with Crippen LogP contribution in [0.1, 0.15) is 26.2 Å². The lowest BCUT2D eigenvalue weighted by Gasteiger charge is -2.22. The van der Waals surface area contributed by atoms with Crippen LogP contribution in [0, 0.1) is 5.92 Å². The lowest BCUT2D eigenvalue weighted by atomic mass is 10.2. The Morgan fingerprint density at radius 2 is 1.86 bits per heavy atom. The summed E-state index contributed by atoms with van der Waals surface area (Å²) in [6.45, 7) is 3.71. The number of hydrogen-bond acceptors (Lipinski definition) is 3. The van der Waals surface area contributed by atoms with Gasteiger partial charge >= 0.3 is 6.03 Å². The molecule has 1 aromatic rings. The molecule has 0 atom stereocenters. The van der Waals surface area contributed by atoms with E-state index in [9.17, 15) is 4.79 Å². The fourth-order valence-corrected chi connectivity index (χ4v) is 2.24. The molecule has 0 heterocycles. The van der Waals surface area contributed by atoms with E-state index in [2.05, 4.69) is 12.2 Å². The summed E-state index contributed by atoms with van der Waals surface area (Å²) < 4.78 is 10.4. The molecule has 1 aliphatic carbocycles. The highest BCUT2D eigenvalue weighted by molar-refractivity contribution is 5.89. The molecule has 0 aromatic heterocycles. The van der Waals surface area contributed by atoms with E-state index in [-0.39, 0.29) is 6.03 Å². The monoisotopic (exact) mass is 292 g/mol. The Bertz CT molecular complexity index is 464. The number of benzene rings is 1. The molecule has 116 valence electrons. The summed E-state index contributed by atoms with van der Waals surface area (Å²) in [5.41, 5.74) is 0.688. The van der Waals surface area contributed by atoms with E-state index >= 15 is 0 Å². The zero-order chi connectivity index (χ0) is 15.2. The van der Waals surface area contributed by atoms with E-state index in [1.807, 2.05) is 4.90 Å². The maximum atomic E-state index is 12.4. The van der Waals surface area contributed by atoms with Gasteiger partial charge in [0.2, 0.25) is 0 Å². The van der Waals surface area contributed by atoms with E-state index in [1.54, 1.807) is 32.4 Å².